The molecular weight excluding hydrogens is 444 g/mol. The van der Waals surface area contributed by atoms with Gasteiger partial charge in [0.1, 0.15) is 11.9 Å². The molecule has 1 aromatic carbocycles. The van der Waals surface area contributed by atoms with Gasteiger partial charge in [-0.3, -0.25) is 9.69 Å². The highest BCUT2D eigenvalue weighted by molar-refractivity contribution is 5.95. The Morgan fingerprint density at radius 2 is 1.97 bits per heavy atom. The molecule has 182 valence electrons. The van der Waals surface area contributed by atoms with Crippen LogP contribution in [0.25, 0.3) is 0 Å². The minimum absolute atomic E-state index is 0.0635. The molecule has 0 saturated carbocycles. The van der Waals surface area contributed by atoms with Crippen LogP contribution in [0.3, 0.4) is 0 Å². The lowest BCUT2D eigenvalue weighted by Gasteiger charge is -2.35. The van der Waals surface area contributed by atoms with Gasteiger partial charge in [0.05, 0.1) is 18.3 Å². The second-order valence-corrected chi connectivity index (χ2v) is 8.89. The van der Waals surface area contributed by atoms with E-state index in [2.05, 4.69) is 10.2 Å². The molecule has 34 heavy (non-hydrogen) atoms. The van der Waals surface area contributed by atoms with Gasteiger partial charge in [-0.05, 0) is 25.5 Å². The topological polar surface area (TPSA) is 79.8 Å². The van der Waals surface area contributed by atoms with E-state index in [9.17, 15) is 13.6 Å². The minimum Gasteiger partial charge on any atom is -0.487 e. The first kappa shape index (κ1) is 22.8. The van der Waals surface area contributed by atoms with Gasteiger partial charge in [0.25, 0.3) is 0 Å². The number of ether oxygens (including phenoxy) is 2. The molecule has 1 amide bonds. The maximum absolute atomic E-state index is 14.0. The summed E-state index contributed by atoms with van der Waals surface area (Å²) in [6, 6.07) is 3.52. The number of anilines is 3. The SMILES string of the molecule is CCN1C(=O)CCc2nc(N[C@@H]3CCOC3)c(N3CCC(Oc4ccc(F)cc4F)CC3)nc21. The Bertz CT molecular complexity index is 1060. The average Bonchev–Trinajstić information content (AvgIpc) is 3.34. The molecular formula is C24H29F2N5O3. The largest absolute Gasteiger partial charge is 0.487 e. The van der Waals surface area contributed by atoms with Gasteiger partial charge in [0.2, 0.25) is 5.91 Å². The molecule has 5 rings (SSSR count). The van der Waals surface area contributed by atoms with Gasteiger partial charge in [-0.1, -0.05) is 0 Å². The summed E-state index contributed by atoms with van der Waals surface area (Å²) in [5, 5.41) is 3.50. The van der Waals surface area contributed by atoms with Gasteiger partial charge in [0, 0.05) is 58.0 Å². The molecule has 1 atom stereocenters. The van der Waals surface area contributed by atoms with Crippen LogP contribution in [0.5, 0.6) is 5.75 Å². The van der Waals surface area contributed by atoms with Gasteiger partial charge < -0.3 is 19.7 Å². The molecule has 10 heteroatoms. The molecule has 2 saturated heterocycles. The summed E-state index contributed by atoms with van der Waals surface area (Å²) < 4.78 is 38.5. The fourth-order valence-corrected chi connectivity index (χ4v) is 4.74. The third-order valence-electron chi connectivity index (χ3n) is 6.58. The molecule has 0 spiro atoms. The van der Waals surface area contributed by atoms with Crippen LogP contribution in [0.4, 0.5) is 26.2 Å². The van der Waals surface area contributed by atoms with E-state index in [4.69, 9.17) is 19.4 Å². The number of aryl methyl sites for hydroxylation is 1. The lowest BCUT2D eigenvalue weighted by Crippen LogP contribution is -2.41. The van der Waals surface area contributed by atoms with Crippen LogP contribution in [0.2, 0.25) is 0 Å². The number of rotatable bonds is 6. The van der Waals surface area contributed by atoms with Crippen molar-refractivity contribution < 1.29 is 23.0 Å². The lowest BCUT2D eigenvalue weighted by atomic mass is 10.1. The number of carbonyl (C=O) groups excluding carboxylic acids is 1. The molecule has 3 aliphatic heterocycles. The molecule has 2 aromatic rings. The molecule has 0 aliphatic carbocycles. The Kier molecular flexibility index (Phi) is 6.49. The summed E-state index contributed by atoms with van der Waals surface area (Å²) in [5.41, 5.74) is 0.830. The number of benzene rings is 1. The highest BCUT2D eigenvalue weighted by atomic mass is 19.1. The van der Waals surface area contributed by atoms with Gasteiger partial charge >= 0.3 is 0 Å². The number of fused-ring (bicyclic) bond motifs is 1. The van der Waals surface area contributed by atoms with Crippen LogP contribution < -0.4 is 19.9 Å². The number of hydrogen-bond acceptors (Lipinski definition) is 7. The Balaban J connectivity index is 1.36. The van der Waals surface area contributed by atoms with Gasteiger partial charge in [-0.15, -0.1) is 0 Å². The maximum Gasteiger partial charge on any atom is 0.228 e. The fraction of sp³-hybridized carbons (Fsp3) is 0.542. The second-order valence-electron chi connectivity index (χ2n) is 8.89. The Labute approximate surface area is 197 Å². The molecule has 8 nitrogen and oxygen atoms in total. The van der Waals surface area contributed by atoms with E-state index in [1.165, 1.54) is 12.1 Å². The van der Waals surface area contributed by atoms with Crippen molar-refractivity contribution in [2.45, 2.75) is 51.2 Å². The molecule has 1 N–H and O–H groups in total. The smallest absolute Gasteiger partial charge is 0.228 e. The maximum atomic E-state index is 14.0. The summed E-state index contributed by atoms with van der Waals surface area (Å²) in [6.45, 7) is 5.09. The van der Waals surface area contributed by atoms with E-state index in [1.54, 1.807) is 4.90 Å². The van der Waals surface area contributed by atoms with E-state index in [0.717, 1.165) is 18.2 Å². The van der Waals surface area contributed by atoms with Crippen molar-refractivity contribution in [1.29, 1.82) is 0 Å². The number of halogens is 2. The summed E-state index contributed by atoms with van der Waals surface area (Å²) >= 11 is 0. The highest BCUT2D eigenvalue weighted by Gasteiger charge is 2.31. The molecule has 0 unspecified atom stereocenters. The van der Waals surface area contributed by atoms with Crippen molar-refractivity contribution >= 4 is 23.4 Å². The molecule has 0 radical (unpaired) electrons. The van der Waals surface area contributed by atoms with E-state index in [0.29, 0.717) is 76.0 Å². The van der Waals surface area contributed by atoms with Gasteiger partial charge in [0.15, 0.2) is 29.0 Å². The predicted octanol–water partition coefficient (Wildman–Crippen LogP) is 3.30. The third kappa shape index (κ3) is 4.64. The standard InChI is InChI=1S/C24H29F2N5O3/c1-2-31-21(32)6-4-19-23(31)29-24(22(28-19)27-16-9-12-33-14-16)30-10-7-17(8-11-30)34-20-5-3-15(25)13-18(20)26/h3,5,13,16-17H,2,4,6-12,14H2,1H3,(H,27,28)/t16-/m1/s1. The predicted molar refractivity (Wildman–Crippen MR) is 123 cm³/mol. The van der Waals surface area contributed by atoms with Crippen molar-refractivity contribution in [1.82, 2.24) is 9.97 Å². The lowest BCUT2D eigenvalue weighted by molar-refractivity contribution is -0.118. The molecule has 3 aliphatic rings. The molecule has 4 heterocycles. The second kappa shape index (κ2) is 9.69. The number of nitrogens with zero attached hydrogens (tertiary/aromatic N) is 4. The first-order valence-corrected chi connectivity index (χ1v) is 11.9. The Morgan fingerprint density at radius 1 is 1.15 bits per heavy atom. The normalized spacial score (nSPS) is 21.0. The van der Waals surface area contributed by atoms with Crippen LogP contribution in [0, 0.1) is 11.6 Å². The zero-order valence-corrected chi connectivity index (χ0v) is 19.2. The Morgan fingerprint density at radius 3 is 2.68 bits per heavy atom. The molecule has 2 fully saturated rings. The van der Waals surface area contributed by atoms with E-state index in [1.807, 2.05) is 6.92 Å². The zero-order chi connectivity index (χ0) is 23.7. The van der Waals surface area contributed by atoms with Gasteiger partial charge in [-0.2, -0.15) is 0 Å². The van der Waals surface area contributed by atoms with Gasteiger partial charge in [-0.25, -0.2) is 18.7 Å². The number of nitrogens with one attached hydrogen (secondary N) is 1. The van der Waals surface area contributed by atoms with E-state index >= 15 is 0 Å². The summed E-state index contributed by atoms with van der Waals surface area (Å²) in [4.78, 5) is 26.1. The molecule has 0 bridgehead atoms. The summed E-state index contributed by atoms with van der Waals surface area (Å²) in [6.07, 6.45) is 3.03. The van der Waals surface area contributed by atoms with Crippen LogP contribution >= 0.6 is 0 Å². The van der Waals surface area contributed by atoms with E-state index < -0.39 is 11.6 Å². The zero-order valence-electron chi connectivity index (χ0n) is 19.2. The Hall–Kier alpha value is -3.01. The first-order chi connectivity index (χ1) is 16.5. The summed E-state index contributed by atoms with van der Waals surface area (Å²) in [5.74, 6) is 0.862. The minimum atomic E-state index is -0.697. The fourth-order valence-electron chi connectivity index (χ4n) is 4.74. The van der Waals surface area contributed by atoms with Crippen LogP contribution in [-0.4, -0.2) is 60.9 Å². The van der Waals surface area contributed by atoms with Crippen molar-refractivity contribution in [2.24, 2.45) is 0 Å². The van der Waals surface area contributed by atoms with Crippen molar-refractivity contribution in [3.05, 3.63) is 35.5 Å². The number of hydrogen-bond donors (Lipinski definition) is 1. The molecule has 1 aromatic heterocycles. The van der Waals surface area contributed by atoms with Crippen molar-refractivity contribution in [3.63, 3.8) is 0 Å². The monoisotopic (exact) mass is 473 g/mol. The van der Waals surface area contributed by atoms with Crippen LogP contribution in [-0.2, 0) is 16.0 Å². The third-order valence-corrected chi connectivity index (χ3v) is 6.58. The highest BCUT2D eigenvalue weighted by Crippen LogP contribution is 2.34. The number of aromatic nitrogens is 2. The first-order valence-electron chi connectivity index (χ1n) is 11.9. The average molecular weight is 474 g/mol. The van der Waals surface area contributed by atoms with Crippen molar-refractivity contribution in [3.8, 4) is 5.75 Å². The van der Waals surface area contributed by atoms with Crippen LogP contribution in [0.1, 0.15) is 38.3 Å². The van der Waals surface area contributed by atoms with Crippen molar-refractivity contribution in [2.75, 3.05) is 48.0 Å². The number of piperidine rings is 1. The van der Waals surface area contributed by atoms with Crippen LogP contribution in [0.15, 0.2) is 18.2 Å². The quantitative estimate of drug-likeness (QED) is 0.690. The van der Waals surface area contributed by atoms with E-state index in [-0.39, 0.29) is 23.8 Å². The number of carbonyl (C=O) groups is 1. The summed E-state index contributed by atoms with van der Waals surface area (Å²) in [7, 11) is 0. The number of amides is 1.